The molecule has 0 aliphatic carbocycles. The Morgan fingerprint density at radius 2 is 2.06 bits per heavy atom. The SMILES string of the molecule is COC(=O)C(C)NP(Cl)Oc1ccccc1. The van der Waals surface area contributed by atoms with Gasteiger partial charge in [0.05, 0.1) is 7.11 Å². The van der Waals surface area contributed by atoms with E-state index in [4.69, 9.17) is 15.8 Å². The van der Waals surface area contributed by atoms with E-state index in [9.17, 15) is 4.79 Å². The van der Waals surface area contributed by atoms with Gasteiger partial charge in [-0.05, 0) is 30.3 Å². The molecule has 0 amide bonds. The molecule has 4 nitrogen and oxygen atoms in total. The third-order valence-electron chi connectivity index (χ3n) is 1.78. The van der Waals surface area contributed by atoms with E-state index in [2.05, 4.69) is 9.82 Å². The first-order chi connectivity index (χ1) is 7.63. The van der Waals surface area contributed by atoms with Gasteiger partial charge < -0.3 is 9.26 Å². The zero-order valence-electron chi connectivity index (χ0n) is 9.01. The van der Waals surface area contributed by atoms with E-state index in [1.807, 2.05) is 18.2 Å². The van der Waals surface area contributed by atoms with Crippen LogP contribution in [0.4, 0.5) is 0 Å². The number of methoxy groups -OCH3 is 1. The molecule has 0 spiro atoms. The Balaban J connectivity index is 2.42. The van der Waals surface area contributed by atoms with Crippen LogP contribution in [0, 0.1) is 0 Å². The minimum atomic E-state index is -1.41. The summed E-state index contributed by atoms with van der Waals surface area (Å²) in [4.78, 5) is 11.1. The number of ether oxygens (including phenoxy) is 1. The van der Waals surface area contributed by atoms with E-state index >= 15 is 0 Å². The van der Waals surface area contributed by atoms with Crippen LogP contribution in [0.5, 0.6) is 5.75 Å². The van der Waals surface area contributed by atoms with Crippen LogP contribution >= 0.6 is 18.9 Å². The highest BCUT2D eigenvalue weighted by Gasteiger charge is 2.18. The van der Waals surface area contributed by atoms with Crippen molar-refractivity contribution < 1.29 is 14.1 Å². The highest BCUT2D eigenvalue weighted by atomic mass is 35.7. The zero-order valence-corrected chi connectivity index (χ0v) is 10.7. The molecule has 0 saturated carbocycles. The minimum absolute atomic E-state index is 0.371. The van der Waals surface area contributed by atoms with Crippen molar-refractivity contribution >= 4 is 24.9 Å². The molecule has 1 aromatic carbocycles. The summed E-state index contributed by atoms with van der Waals surface area (Å²) in [5.74, 6) is 0.290. The second-order valence-corrected chi connectivity index (χ2v) is 4.87. The van der Waals surface area contributed by atoms with Gasteiger partial charge in [0.15, 0.2) is 0 Å². The van der Waals surface area contributed by atoms with Crippen LogP contribution in [-0.4, -0.2) is 19.1 Å². The van der Waals surface area contributed by atoms with Crippen LogP contribution in [-0.2, 0) is 9.53 Å². The summed E-state index contributed by atoms with van der Waals surface area (Å²) < 4.78 is 9.95. The molecule has 1 aromatic rings. The largest absolute Gasteiger partial charge is 0.468 e. The van der Waals surface area contributed by atoms with Crippen molar-refractivity contribution in [2.75, 3.05) is 7.11 Å². The number of hydrogen-bond acceptors (Lipinski definition) is 4. The molecule has 0 bridgehead atoms. The van der Waals surface area contributed by atoms with Crippen LogP contribution in [0.1, 0.15) is 6.92 Å². The van der Waals surface area contributed by atoms with E-state index in [1.165, 1.54) is 7.11 Å². The van der Waals surface area contributed by atoms with Gasteiger partial charge in [-0.2, -0.15) is 0 Å². The highest BCUT2D eigenvalue weighted by Crippen LogP contribution is 2.39. The van der Waals surface area contributed by atoms with E-state index in [1.54, 1.807) is 19.1 Å². The van der Waals surface area contributed by atoms with Gasteiger partial charge in [-0.25, -0.2) is 5.09 Å². The van der Waals surface area contributed by atoms with E-state index in [0.29, 0.717) is 5.75 Å². The average molecular weight is 262 g/mol. The summed E-state index contributed by atoms with van der Waals surface area (Å²) in [6.07, 6.45) is 0. The van der Waals surface area contributed by atoms with Gasteiger partial charge in [0.25, 0.3) is 7.65 Å². The van der Waals surface area contributed by atoms with Crippen LogP contribution in [0.15, 0.2) is 30.3 Å². The Hall–Kier alpha value is -0.830. The third kappa shape index (κ3) is 4.35. The van der Waals surface area contributed by atoms with Gasteiger partial charge in [0.2, 0.25) is 0 Å². The van der Waals surface area contributed by atoms with Crippen molar-refractivity contribution in [3.63, 3.8) is 0 Å². The summed E-state index contributed by atoms with van der Waals surface area (Å²) in [7, 11) is -0.0846. The molecule has 1 rings (SSSR count). The van der Waals surface area contributed by atoms with E-state index in [0.717, 1.165) is 0 Å². The molecule has 0 saturated heterocycles. The van der Waals surface area contributed by atoms with Crippen LogP contribution in [0.3, 0.4) is 0 Å². The summed E-state index contributed by atoms with van der Waals surface area (Å²) in [6, 6.07) is 8.67. The maximum atomic E-state index is 11.1. The number of carbonyl (C=O) groups is 1. The number of halogens is 1. The third-order valence-corrected chi connectivity index (χ3v) is 3.24. The van der Waals surface area contributed by atoms with E-state index < -0.39 is 13.7 Å². The van der Waals surface area contributed by atoms with Crippen LogP contribution < -0.4 is 9.61 Å². The molecule has 0 radical (unpaired) electrons. The molecule has 16 heavy (non-hydrogen) atoms. The number of benzene rings is 1. The molecular formula is C10H13ClNO3P. The van der Waals surface area contributed by atoms with Crippen LogP contribution in [0.2, 0.25) is 0 Å². The van der Waals surface area contributed by atoms with Crippen molar-refractivity contribution in [1.29, 1.82) is 0 Å². The fourth-order valence-corrected chi connectivity index (χ4v) is 2.43. The average Bonchev–Trinajstić information content (AvgIpc) is 2.29. The van der Waals surface area contributed by atoms with Gasteiger partial charge in [0, 0.05) is 0 Å². The summed E-state index contributed by atoms with van der Waals surface area (Å²) in [6.45, 7) is 1.66. The molecule has 88 valence electrons. The first-order valence-corrected chi connectivity index (χ1v) is 6.83. The van der Waals surface area contributed by atoms with E-state index in [-0.39, 0.29) is 5.97 Å². The maximum Gasteiger partial charge on any atom is 0.322 e. The lowest BCUT2D eigenvalue weighted by molar-refractivity contribution is -0.142. The Labute approximate surface area is 101 Å². The van der Waals surface area contributed by atoms with Crippen molar-refractivity contribution in [2.24, 2.45) is 0 Å². The molecule has 0 aromatic heterocycles. The second kappa shape index (κ2) is 6.69. The molecular weight excluding hydrogens is 249 g/mol. The molecule has 0 aliphatic heterocycles. The van der Waals surface area contributed by atoms with Crippen molar-refractivity contribution in [1.82, 2.24) is 5.09 Å². The predicted molar refractivity (Wildman–Crippen MR) is 64.5 cm³/mol. The molecule has 6 heteroatoms. The molecule has 0 aliphatic rings. The lowest BCUT2D eigenvalue weighted by Gasteiger charge is -2.16. The monoisotopic (exact) mass is 261 g/mol. The molecule has 2 unspecified atom stereocenters. The smallest absolute Gasteiger partial charge is 0.322 e. The number of para-hydroxylation sites is 1. The summed E-state index contributed by atoms with van der Waals surface area (Å²) in [5.41, 5.74) is 0. The number of carbonyl (C=O) groups excluding carboxylic acids is 1. The first kappa shape index (κ1) is 13.2. The number of esters is 1. The standard InChI is InChI=1S/C10H13ClNO3P/c1-8(10(13)14-2)12-16(11)15-9-6-4-3-5-7-9/h3-8,12H,1-2H3. The lowest BCUT2D eigenvalue weighted by Crippen LogP contribution is -2.31. The number of rotatable bonds is 5. The Kier molecular flexibility index (Phi) is 5.53. The fourth-order valence-electron chi connectivity index (χ4n) is 0.982. The first-order valence-electron chi connectivity index (χ1n) is 4.66. The maximum absolute atomic E-state index is 11.1. The normalized spacial score (nSPS) is 13.9. The summed E-state index contributed by atoms with van der Waals surface area (Å²) in [5, 5.41) is 2.81. The van der Waals surface area contributed by atoms with Crippen molar-refractivity contribution in [3.8, 4) is 5.75 Å². The molecule has 0 heterocycles. The van der Waals surface area contributed by atoms with Gasteiger partial charge in [0.1, 0.15) is 11.8 Å². The minimum Gasteiger partial charge on any atom is -0.468 e. The Morgan fingerprint density at radius 3 is 2.62 bits per heavy atom. The van der Waals surface area contributed by atoms with Crippen molar-refractivity contribution in [2.45, 2.75) is 13.0 Å². The lowest BCUT2D eigenvalue weighted by atomic mass is 10.3. The predicted octanol–water partition coefficient (Wildman–Crippen LogP) is 2.68. The fraction of sp³-hybridized carbons (Fsp3) is 0.300. The quantitative estimate of drug-likeness (QED) is 0.654. The van der Waals surface area contributed by atoms with Crippen LogP contribution in [0.25, 0.3) is 0 Å². The Morgan fingerprint density at radius 1 is 1.44 bits per heavy atom. The second-order valence-electron chi connectivity index (χ2n) is 3.02. The summed E-state index contributed by atoms with van der Waals surface area (Å²) >= 11 is 5.93. The van der Waals surface area contributed by atoms with Crippen molar-refractivity contribution in [3.05, 3.63) is 30.3 Å². The molecule has 1 N–H and O–H groups in total. The highest BCUT2D eigenvalue weighted by molar-refractivity contribution is 7.78. The van der Waals surface area contributed by atoms with Gasteiger partial charge in [-0.3, -0.25) is 4.79 Å². The Bertz CT molecular complexity index is 336. The molecule has 2 atom stereocenters. The topological polar surface area (TPSA) is 47.6 Å². The van der Waals surface area contributed by atoms with Gasteiger partial charge in [-0.15, -0.1) is 0 Å². The number of hydrogen-bond donors (Lipinski definition) is 1. The number of nitrogens with one attached hydrogen (secondary N) is 1. The van der Waals surface area contributed by atoms with Gasteiger partial charge in [-0.1, -0.05) is 18.2 Å². The molecule has 0 fully saturated rings. The van der Waals surface area contributed by atoms with Gasteiger partial charge >= 0.3 is 5.97 Å². The zero-order chi connectivity index (χ0) is 12.0.